The first-order valence-electron chi connectivity index (χ1n) is 6.95. The van der Waals surface area contributed by atoms with Crippen molar-refractivity contribution < 1.29 is 13.9 Å². The molecule has 1 N–H and O–H groups in total. The lowest BCUT2D eigenvalue weighted by molar-refractivity contribution is 0.130. The molecule has 0 fully saturated rings. The number of hydrogen-bond donors (Lipinski definition) is 1. The average molecular weight is 341 g/mol. The number of amides is 1. The lowest BCUT2D eigenvalue weighted by atomic mass is 10.2. The molecule has 0 saturated carbocycles. The smallest absolute Gasteiger partial charge is 0.413 e. The van der Waals surface area contributed by atoms with Crippen molar-refractivity contribution in [3.63, 3.8) is 0 Å². The summed E-state index contributed by atoms with van der Waals surface area (Å²) in [7, 11) is 0. The predicted octanol–water partition coefficient (Wildman–Crippen LogP) is 4.50. The third-order valence-electron chi connectivity index (χ3n) is 2.51. The van der Waals surface area contributed by atoms with Crippen LogP contribution in [0.25, 0.3) is 0 Å². The highest BCUT2D eigenvalue weighted by molar-refractivity contribution is 8.00. The maximum Gasteiger partial charge on any atom is 0.413 e. The lowest BCUT2D eigenvalue weighted by Gasteiger charge is -2.06. The molecule has 120 valence electrons. The van der Waals surface area contributed by atoms with Crippen LogP contribution in [0.15, 0.2) is 21.0 Å². The molecule has 2 aromatic heterocycles. The molecule has 0 radical (unpaired) electrons. The van der Waals surface area contributed by atoms with Crippen LogP contribution in [-0.2, 0) is 10.5 Å². The van der Waals surface area contributed by atoms with Gasteiger partial charge in [0, 0.05) is 5.92 Å². The number of hydrogen-bond acceptors (Lipinski definition) is 7. The molecule has 0 atom stereocenters. The number of anilines is 1. The first-order chi connectivity index (χ1) is 10.4. The first kappa shape index (κ1) is 16.8. The van der Waals surface area contributed by atoms with E-state index in [-0.39, 0.29) is 6.10 Å². The van der Waals surface area contributed by atoms with E-state index in [0.29, 0.717) is 22.7 Å². The highest BCUT2D eigenvalue weighted by Gasteiger charge is 2.11. The molecular weight excluding hydrogens is 322 g/mol. The molecule has 2 aromatic rings. The molecule has 0 spiro atoms. The summed E-state index contributed by atoms with van der Waals surface area (Å²) in [5, 5.41) is 3.12. The zero-order valence-electron chi connectivity index (χ0n) is 13.0. The van der Waals surface area contributed by atoms with Gasteiger partial charge >= 0.3 is 6.09 Å². The fourth-order valence-electron chi connectivity index (χ4n) is 1.51. The van der Waals surface area contributed by atoms with Crippen molar-refractivity contribution in [3.8, 4) is 0 Å². The molecule has 0 aromatic carbocycles. The van der Waals surface area contributed by atoms with Crippen LogP contribution in [0.5, 0.6) is 0 Å². The Labute approximate surface area is 137 Å². The molecule has 8 heteroatoms. The van der Waals surface area contributed by atoms with E-state index in [0.717, 1.165) is 9.97 Å². The summed E-state index contributed by atoms with van der Waals surface area (Å²) < 4.78 is 11.6. The number of nitrogens with zero attached hydrogens (tertiary/aromatic N) is 2. The van der Waals surface area contributed by atoms with Crippen molar-refractivity contribution in [2.45, 2.75) is 49.7 Å². The Bertz CT molecular complexity index is 622. The molecular formula is C14H19N3O3S2. The van der Waals surface area contributed by atoms with E-state index >= 15 is 0 Å². The van der Waals surface area contributed by atoms with E-state index < -0.39 is 6.09 Å². The first-order valence-corrected chi connectivity index (χ1v) is 8.75. The second kappa shape index (κ2) is 7.64. The summed E-state index contributed by atoms with van der Waals surface area (Å²) in [4.78, 5) is 19.9. The molecule has 0 unspecified atom stereocenters. The van der Waals surface area contributed by atoms with E-state index in [1.54, 1.807) is 38.0 Å². The number of oxazole rings is 1. The van der Waals surface area contributed by atoms with E-state index in [2.05, 4.69) is 29.1 Å². The zero-order chi connectivity index (χ0) is 16.1. The van der Waals surface area contributed by atoms with E-state index in [9.17, 15) is 4.79 Å². The highest BCUT2D eigenvalue weighted by Crippen LogP contribution is 2.31. The summed E-state index contributed by atoms with van der Waals surface area (Å²) in [6.45, 7) is 7.72. The number of thiazole rings is 1. The number of carbonyl (C=O) groups excluding carboxylic acids is 1. The van der Waals surface area contributed by atoms with Crippen molar-refractivity contribution >= 4 is 34.3 Å². The van der Waals surface area contributed by atoms with Gasteiger partial charge in [-0.15, -0.1) is 11.8 Å². The van der Waals surface area contributed by atoms with Gasteiger partial charge in [0.15, 0.2) is 5.13 Å². The fraction of sp³-hybridized carbons (Fsp3) is 0.500. The second-order valence-electron chi connectivity index (χ2n) is 5.16. The minimum Gasteiger partial charge on any atom is -0.447 e. The van der Waals surface area contributed by atoms with Crippen LogP contribution in [0, 0.1) is 0 Å². The highest BCUT2D eigenvalue weighted by atomic mass is 32.2. The van der Waals surface area contributed by atoms with Gasteiger partial charge in [0.05, 0.1) is 28.5 Å². The van der Waals surface area contributed by atoms with Crippen molar-refractivity contribution in [2.24, 2.45) is 0 Å². The standard InChI is InChI=1S/C14H19N3O3S2/c1-8(2)10-5-15-11(20-10)7-21-12-6-16-13(22-12)17-14(18)19-9(3)4/h5-6,8-9H,7H2,1-4H3,(H,16,17,18). The van der Waals surface area contributed by atoms with Gasteiger partial charge in [-0.1, -0.05) is 25.2 Å². The predicted molar refractivity (Wildman–Crippen MR) is 87.5 cm³/mol. The number of thioether (sulfide) groups is 1. The normalized spacial score (nSPS) is 11.2. The summed E-state index contributed by atoms with van der Waals surface area (Å²) in [6, 6.07) is 0. The largest absolute Gasteiger partial charge is 0.447 e. The topological polar surface area (TPSA) is 77.2 Å². The van der Waals surface area contributed by atoms with Crippen LogP contribution in [0.4, 0.5) is 9.93 Å². The lowest BCUT2D eigenvalue weighted by Crippen LogP contribution is -2.17. The molecule has 0 bridgehead atoms. The molecule has 2 rings (SSSR count). The van der Waals surface area contributed by atoms with E-state index in [1.807, 2.05) is 0 Å². The fourth-order valence-corrected chi connectivity index (χ4v) is 3.22. The van der Waals surface area contributed by atoms with Gasteiger partial charge in [-0.05, 0) is 13.8 Å². The third-order valence-corrected chi connectivity index (χ3v) is 4.61. The van der Waals surface area contributed by atoms with Crippen molar-refractivity contribution in [2.75, 3.05) is 5.32 Å². The molecule has 0 aliphatic carbocycles. The summed E-state index contributed by atoms with van der Waals surface area (Å²) >= 11 is 2.96. The van der Waals surface area contributed by atoms with Crippen LogP contribution >= 0.6 is 23.1 Å². The molecule has 0 saturated heterocycles. The van der Waals surface area contributed by atoms with E-state index in [4.69, 9.17) is 9.15 Å². The van der Waals surface area contributed by atoms with Gasteiger partial charge in [0.1, 0.15) is 5.76 Å². The number of ether oxygens (including phenoxy) is 1. The molecule has 22 heavy (non-hydrogen) atoms. The van der Waals surface area contributed by atoms with Gasteiger partial charge < -0.3 is 9.15 Å². The Morgan fingerprint density at radius 3 is 2.77 bits per heavy atom. The second-order valence-corrected chi connectivity index (χ2v) is 7.47. The third kappa shape index (κ3) is 5.03. The van der Waals surface area contributed by atoms with Crippen LogP contribution in [0.1, 0.15) is 45.3 Å². The minimum atomic E-state index is -0.491. The maximum atomic E-state index is 11.5. The van der Waals surface area contributed by atoms with Crippen LogP contribution in [0.2, 0.25) is 0 Å². The Morgan fingerprint density at radius 2 is 2.14 bits per heavy atom. The minimum absolute atomic E-state index is 0.158. The summed E-state index contributed by atoms with van der Waals surface area (Å²) in [6.07, 6.45) is 2.83. The summed E-state index contributed by atoms with van der Waals surface area (Å²) in [5.74, 6) is 2.54. The average Bonchev–Trinajstić information content (AvgIpc) is 3.04. The quantitative estimate of drug-likeness (QED) is 0.779. The molecule has 0 aliphatic heterocycles. The number of nitrogens with one attached hydrogen (secondary N) is 1. The van der Waals surface area contributed by atoms with Crippen molar-refractivity contribution in [1.82, 2.24) is 9.97 Å². The Hall–Kier alpha value is -1.54. The molecule has 2 heterocycles. The van der Waals surface area contributed by atoms with E-state index in [1.165, 1.54) is 11.3 Å². The van der Waals surface area contributed by atoms with Gasteiger partial charge in [-0.3, -0.25) is 5.32 Å². The molecule has 0 aliphatic rings. The SMILES string of the molecule is CC(C)OC(=O)Nc1ncc(SCc2ncc(C(C)C)o2)s1. The zero-order valence-corrected chi connectivity index (χ0v) is 14.6. The van der Waals surface area contributed by atoms with Gasteiger partial charge in [-0.25, -0.2) is 14.8 Å². The van der Waals surface area contributed by atoms with Crippen LogP contribution in [-0.4, -0.2) is 22.2 Å². The van der Waals surface area contributed by atoms with Crippen molar-refractivity contribution in [3.05, 3.63) is 24.0 Å². The van der Waals surface area contributed by atoms with Gasteiger partial charge in [0.25, 0.3) is 0 Å². The van der Waals surface area contributed by atoms with Crippen LogP contribution < -0.4 is 5.32 Å². The van der Waals surface area contributed by atoms with Crippen molar-refractivity contribution in [1.29, 1.82) is 0 Å². The molecule has 1 amide bonds. The Balaban J connectivity index is 1.85. The summed E-state index contributed by atoms with van der Waals surface area (Å²) in [5.41, 5.74) is 0. The monoisotopic (exact) mass is 341 g/mol. The number of rotatable bonds is 6. The Morgan fingerprint density at radius 1 is 1.36 bits per heavy atom. The van der Waals surface area contributed by atoms with Crippen LogP contribution in [0.3, 0.4) is 0 Å². The van der Waals surface area contributed by atoms with Gasteiger partial charge in [-0.2, -0.15) is 0 Å². The number of aromatic nitrogens is 2. The molecule has 6 nitrogen and oxygen atoms in total. The Kier molecular flexibility index (Phi) is 5.84. The van der Waals surface area contributed by atoms with Gasteiger partial charge in [0.2, 0.25) is 5.89 Å². The number of carbonyl (C=O) groups is 1. The maximum absolute atomic E-state index is 11.5.